The van der Waals surface area contributed by atoms with E-state index >= 15 is 0 Å². The van der Waals surface area contributed by atoms with Crippen LogP contribution in [-0.2, 0) is 19.0 Å². The summed E-state index contributed by atoms with van der Waals surface area (Å²) in [4.78, 5) is 10.9. The maximum atomic E-state index is 10.9. The van der Waals surface area contributed by atoms with Crippen LogP contribution in [0, 0.1) is 0 Å². The second-order valence-corrected chi connectivity index (χ2v) is 4.59. The van der Waals surface area contributed by atoms with E-state index in [1.165, 1.54) is 0 Å². The van der Waals surface area contributed by atoms with Crippen molar-refractivity contribution in [3.63, 3.8) is 0 Å². The summed E-state index contributed by atoms with van der Waals surface area (Å²) in [6.45, 7) is 2.63. The molecule has 1 rings (SSSR count). The van der Waals surface area contributed by atoms with Crippen molar-refractivity contribution in [2.75, 3.05) is 20.3 Å². The van der Waals surface area contributed by atoms with Gasteiger partial charge in [0.05, 0.1) is 18.8 Å². The average Bonchev–Trinajstić information content (AvgIpc) is 2.38. The van der Waals surface area contributed by atoms with Crippen LogP contribution in [0.3, 0.4) is 0 Å². The van der Waals surface area contributed by atoms with Gasteiger partial charge in [0.2, 0.25) is 0 Å². The lowest BCUT2D eigenvalue weighted by atomic mass is 9.95. The lowest BCUT2D eigenvalue weighted by molar-refractivity contribution is -0.152. The van der Waals surface area contributed by atoms with Gasteiger partial charge in [0.25, 0.3) is 0 Å². The fourth-order valence-corrected chi connectivity index (χ4v) is 2.29. The van der Waals surface area contributed by atoms with Gasteiger partial charge in [-0.15, -0.1) is 0 Å². The van der Waals surface area contributed by atoms with Crippen molar-refractivity contribution in [3.8, 4) is 0 Å². The molecule has 1 aliphatic carbocycles. The van der Waals surface area contributed by atoms with Gasteiger partial charge in [0.1, 0.15) is 0 Å². The van der Waals surface area contributed by atoms with Crippen molar-refractivity contribution < 1.29 is 24.1 Å². The van der Waals surface area contributed by atoms with E-state index in [4.69, 9.17) is 19.3 Å². The van der Waals surface area contributed by atoms with Crippen molar-refractivity contribution in [2.45, 2.75) is 57.3 Å². The van der Waals surface area contributed by atoms with Gasteiger partial charge in [0.15, 0.2) is 6.10 Å². The topological polar surface area (TPSA) is 65.0 Å². The molecule has 1 aliphatic rings. The van der Waals surface area contributed by atoms with E-state index in [2.05, 4.69) is 0 Å². The molecule has 0 saturated heterocycles. The predicted molar refractivity (Wildman–Crippen MR) is 66.7 cm³/mol. The van der Waals surface area contributed by atoms with Gasteiger partial charge in [0, 0.05) is 20.1 Å². The first-order valence-corrected chi connectivity index (χ1v) is 6.66. The Morgan fingerprint density at radius 1 is 1.39 bits per heavy atom. The van der Waals surface area contributed by atoms with E-state index in [1.807, 2.05) is 0 Å². The molecule has 0 radical (unpaired) electrons. The van der Waals surface area contributed by atoms with Crippen molar-refractivity contribution in [3.05, 3.63) is 0 Å². The van der Waals surface area contributed by atoms with E-state index < -0.39 is 12.1 Å². The van der Waals surface area contributed by atoms with Gasteiger partial charge in [-0.05, 0) is 32.6 Å². The van der Waals surface area contributed by atoms with Crippen molar-refractivity contribution in [1.29, 1.82) is 0 Å². The zero-order valence-electron chi connectivity index (χ0n) is 11.3. The van der Waals surface area contributed by atoms with Crippen LogP contribution in [0.2, 0.25) is 0 Å². The zero-order valence-corrected chi connectivity index (χ0v) is 11.3. The number of methoxy groups -OCH3 is 1. The molecule has 1 fully saturated rings. The van der Waals surface area contributed by atoms with Crippen molar-refractivity contribution >= 4 is 5.97 Å². The minimum absolute atomic E-state index is 0.194. The van der Waals surface area contributed by atoms with E-state index in [9.17, 15) is 4.79 Å². The van der Waals surface area contributed by atoms with E-state index in [-0.39, 0.29) is 12.2 Å². The lowest BCUT2D eigenvalue weighted by Gasteiger charge is -2.28. The minimum atomic E-state index is -0.918. The molecule has 0 amide bonds. The highest BCUT2D eigenvalue weighted by Crippen LogP contribution is 2.23. The summed E-state index contributed by atoms with van der Waals surface area (Å²) in [7, 11) is 1.72. The van der Waals surface area contributed by atoms with Crippen LogP contribution < -0.4 is 0 Å². The monoisotopic (exact) mass is 260 g/mol. The Morgan fingerprint density at radius 3 is 2.72 bits per heavy atom. The van der Waals surface area contributed by atoms with Crippen molar-refractivity contribution in [1.82, 2.24) is 0 Å². The van der Waals surface area contributed by atoms with Crippen molar-refractivity contribution in [2.24, 2.45) is 0 Å². The Balaban J connectivity index is 2.21. The number of rotatable bonds is 8. The van der Waals surface area contributed by atoms with Gasteiger partial charge < -0.3 is 19.3 Å². The molecule has 0 aliphatic heterocycles. The Labute approximate surface area is 108 Å². The highest BCUT2D eigenvalue weighted by Gasteiger charge is 2.23. The number of carbonyl (C=O) groups is 1. The Hall–Kier alpha value is -0.650. The van der Waals surface area contributed by atoms with Gasteiger partial charge in [-0.3, -0.25) is 0 Å². The molecule has 0 aromatic carbocycles. The first-order valence-electron chi connectivity index (χ1n) is 6.66. The first kappa shape index (κ1) is 15.4. The minimum Gasteiger partial charge on any atom is -0.479 e. The molecule has 3 unspecified atom stereocenters. The summed E-state index contributed by atoms with van der Waals surface area (Å²) in [6.07, 6.45) is 4.26. The third-order valence-corrected chi connectivity index (χ3v) is 3.29. The fraction of sp³-hybridized carbons (Fsp3) is 0.923. The first-order chi connectivity index (χ1) is 8.67. The van der Waals surface area contributed by atoms with Crippen LogP contribution in [0.4, 0.5) is 0 Å². The highest BCUT2D eigenvalue weighted by atomic mass is 16.5. The van der Waals surface area contributed by atoms with Crippen LogP contribution in [0.5, 0.6) is 0 Å². The number of carboxylic acids is 1. The summed E-state index contributed by atoms with van der Waals surface area (Å²) >= 11 is 0. The summed E-state index contributed by atoms with van der Waals surface area (Å²) in [5.41, 5.74) is 0. The van der Waals surface area contributed by atoms with E-state index in [0.29, 0.717) is 19.6 Å². The molecule has 5 heteroatoms. The summed E-state index contributed by atoms with van der Waals surface area (Å²) < 4.78 is 16.2. The third-order valence-electron chi connectivity index (χ3n) is 3.29. The molecule has 0 bridgehead atoms. The SMILES string of the molecule is CCOC(CCOC1CCCC(OC)C1)C(=O)O. The largest absolute Gasteiger partial charge is 0.479 e. The molecule has 5 nitrogen and oxygen atoms in total. The maximum absolute atomic E-state index is 10.9. The molecule has 106 valence electrons. The predicted octanol–water partition coefficient (Wildman–Crippen LogP) is 1.84. The van der Waals surface area contributed by atoms with Crippen LogP contribution >= 0.6 is 0 Å². The molecule has 18 heavy (non-hydrogen) atoms. The van der Waals surface area contributed by atoms with E-state index in [0.717, 1.165) is 25.7 Å². The number of hydrogen-bond acceptors (Lipinski definition) is 4. The number of hydrogen-bond donors (Lipinski definition) is 1. The number of aliphatic carboxylic acids is 1. The molecular weight excluding hydrogens is 236 g/mol. The Morgan fingerprint density at radius 2 is 2.11 bits per heavy atom. The maximum Gasteiger partial charge on any atom is 0.332 e. The molecule has 0 aromatic rings. The normalized spacial score (nSPS) is 25.9. The molecule has 1 N–H and O–H groups in total. The summed E-state index contributed by atoms with van der Waals surface area (Å²) in [5, 5.41) is 8.92. The molecule has 0 spiro atoms. The van der Waals surface area contributed by atoms with Crippen LogP contribution in [0.25, 0.3) is 0 Å². The molecule has 0 aromatic heterocycles. The Bertz CT molecular complexity index is 244. The number of carboxylic acid groups (broad SMARTS) is 1. The standard InChI is InChI=1S/C13H24O5/c1-3-17-12(13(14)15)7-8-18-11-6-4-5-10(9-11)16-2/h10-12H,3-9H2,1-2H3,(H,14,15). The van der Waals surface area contributed by atoms with E-state index in [1.54, 1.807) is 14.0 Å². The third kappa shape index (κ3) is 5.33. The van der Waals surface area contributed by atoms with Crippen LogP contribution in [0.1, 0.15) is 39.0 Å². The van der Waals surface area contributed by atoms with Gasteiger partial charge >= 0.3 is 5.97 Å². The smallest absolute Gasteiger partial charge is 0.332 e. The quantitative estimate of drug-likeness (QED) is 0.721. The van der Waals surface area contributed by atoms with Gasteiger partial charge in [-0.25, -0.2) is 4.79 Å². The number of ether oxygens (including phenoxy) is 3. The summed E-state index contributed by atoms with van der Waals surface area (Å²) in [6, 6.07) is 0. The molecule has 3 atom stereocenters. The Kier molecular flexibility index (Phi) is 7.23. The lowest BCUT2D eigenvalue weighted by Crippen LogP contribution is -2.30. The van der Waals surface area contributed by atoms with Crippen LogP contribution in [-0.4, -0.2) is 49.7 Å². The fourth-order valence-electron chi connectivity index (χ4n) is 2.29. The second kappa shape index (κ2) is 8.45. The second-order valence-electron chi connectivity index (χ2n) is 4.59. The highest BCUT2D eigenvalue weighted by molar-refractivity contribution is 5.72. The molecule has 0 heterocycles. The van der Waals surface area contributed by atoms with Gasteiger partial charge in [-0.2, -0.15) is 0 Å². The average molecular weight is 260 g/mol. The zero-order chi connectivity index (χ0) is 13.4. The summed E-state index contributed by atoms with van der Waals surface area (Å²) in [5.74, 6) is -0.918. The van der Waals surface area contributed by atoms with Crippen LogP contribution in [0.15, 0.2) is 0 Å². The van der Waals surface area contributed by atoms with Gasteiger partial charge in [-0.1, -0.05) is 0 Å². The molecule has 1 saturated carbocycles. The molecular formula is C13H24O5.